The van der Waals surface area contributed by atoms with Gasteiger partial charge in [-0.1, -0.05) is 19.9 Å². The Balaban J connectivity index is 3.13. The molecule has 0 bridgehead atoms. The number of nitrogens with two attached hydrogens (primary N) is 1. The standard InChI is InChI=1S/C14H22FN3O/c1-9(2)8-18(10(3)4)14(19)11-6-5-7-12(15)13(11)17-16/h5-7,9-10,17H,8,16H2,1-4H3. The molecule has 0 atom stereocenters. The van der Waals surface area contributed by atoms with Gasteiger partial charge in [0.05, 0.1) is 11.3 Å². The van der Waals surface area contributed by atoms with Crippen LogP contribution in [0.15, 0.2) is 18.2 Å². The van der Waals surface area contributed by atoms with Crippen LogP contribution in [0, 0.1) is 11.7 Å². The zero-order valence-electron chi connectivity index (χ0n) is 11.9. The van der Waals surface area contributed by atoms with Crippen molar-refractivity contribution in [2.24, 2.45) is 11.8 Å². The number of hydrazine groups is 1. The van der Waals surface area contributed by atoms with E-state index >= 15 is 0 Å². The molecule has 1 aromatic carbocycles. The van der Waals surface area contributed by atoms with Crippen molar-refractivity contribution in [2.45, 2.75) is 33.7 Å². The molecule has 0 spiro atoms. The minimum absolute atomic E-state index is 0.0434. The predicted octanol–water partition coefficient (Wildman–Crippen LogP) is 2.62. The van der Waals surface area contributed by atoms with E-state index in [-0.39, 0.29) is 23.2 Å². The lowest BCUT2D eigenvalue weighted by Gasteiger charge is -2.29. The Labute approximate surface area is 113 Å². The molecule has 19 heavy (non-hydrogen) atoms. The van der Waals surface area contributed by atoms with E-state index in [0.29, 0.717) is 12.5 Å². The summed E-state index contributed by atoms with van der Waals surface area (Å²) in [6.45, 7) is 8.58. The number of benzene rings is 1. The summed E-state index contributed by atoms with van der Waals surface area (Å²) in [7, 11) is 0. The first-order valence-electron chi connectivity index (χ1n) is 6.44. The number of halogens is 1. The number of nitrogens with one attached hydrogen (secondary N) is 1. The number of carbonyl (C=O) groups excluding carboxylic acids is 1. The van der Waals surface area contributed by atoms with Crippen LogP contribution in [0.2, 0.25) is 0 Å². The van der Waals surface area contributed by atoms with E-state index in [1.807, 2.05) is 27.7 Å². The molecule has 1 rings (SSSR count). The Hall–Kier alpha value is -1.62. The van der Waals surface area contributed by atoms with Crippen molar-refractivity contribution in [1.82, 2.24) is 4.90 Å². The lowest BCUT2D eigenvalue weighted by atomic mass is 10.1. The molecule has 0 radical (unpaired) electrons. The zero-order chi connectivity index (χ0) is 14.6. The minimum atomic E-state index is -0.526. The van der Waals surface area contributed by atoms with Gasteiger partial charge >= 0.3 is 0 Å². The van der Waals surface area contributed by atoms with Gasteiger partial charge in [0.2, 0.25) is 0 Å². The van der Waals surface area contributed by atoms with E-state index in [4.69, 9.17) is 5.84 Å². The molecule has 0 saturated carbocycles. The smallest absolute Gasteiger partial charge is 0.256 e. The highest BCUT2D eigenvalue weighted by Gasteiger charge is 2.23. The highest BCUT2D eigenvalue weighted by atomic mass is 19.1. The average Bonchev–Trinajstić information content (AvgIpc) is 2.34. The largest absolute Gasteiger partial charge is 0.336 e. The number of rotatable bonds is 5. The first kappa shape index (κ1) is 15.4. The second-order valence-electron chi connectivity index (χ2n) is 5.25. The Morgan fingerprint density at radius 3 is 2.47 bits per heavy atom. The number of nitrogens with zero attached hydrogens (tertiary/aromatic N) is 1. The fraction of sp³-hybridized carbons (Fsp3) is 0.500. The Morgan fingerprint density at radius 1 is 1.37 bits per heavy atom. The van der Waals surface area contributed by atoms with E-state index in [0.717, 1.165) is 0 Å². The second kappa shape index (κ2) is 6.52. The van der Waals surface area contributed by atoms with Crippen molar-refractivity contribution < 1.29 is 9.18 Å². The SMILES string of the molecule is CC(C)CN(C(=O)c1cccc(F)c1NN)C(C)C. The van der Waals surface area contributed by atoms with E-state index in [1.54, 1.807) is 11.0 Å². The van der Waals surface area contributed by atoms with Crippen molar-refractivity contribution in [3.8, 4) is 0 Å². The third-order valence-electron chi connectivity index (χ3n) is 2.83. The van der Waals surface area contributed by atoms with Crippen LogP contribution in [0.25, 0.3) is 0 Å². The fourth-order valence-electron chi connectivity index (χ4n) is 1.93. The Bertz CT molecular complexity index is 446. The maximum atomic E-state index is 13.6. The number of amides is 1. The molecule has 5 heteroatoms. The van der Waals surface area contributed by atoms with Crippen LogP contribution in [0.3, 0.4) is 0 Å². The molecule has 3 N–H and O–H groups in total. The van der Waals surface area contributed by atoms with Crippen LogP contribution < -0.4 is 11.3 Å². The van der Waals surface area contributed by atoms with Gasteiger partial charge in [-0.15, -0.1) is 0 Å². The summed E-state index contributed by atoms with van der Waals surface area (Å²) in [5.41, 5.74) is 2.57. The summed E-state index contributed by atoms with van der Waals surface area (Å²) < 4.78 is 13.6. The lowest BCUT2D eigenvalue weighted by Crippen LogP contribution is -2.40. The van der Waals surface area contributed by atoms with E-state index in [1.165, 1.54) is 12.1 Å². The van der Waals surface area contributed by atoms with Gasteiger partial charge in [-0.25, -0.2) is 4.39 Å². The summed E-state index contributed by atoms with van der Waals surface area (Å²) >= 11 is 0. The molecular formula is C14H22FN3O. The molecule has 1 aromatic rings. The highest BCUT2D eigenvalue weighted by molar-refractivity contribution is 5.99. The van der Waals surface area contributed by atoms with Gasteiger partial charge in [-0.3, -0.25) is 10.6 Å². The Kier molecular flexibility index (Phi) is 5.30. The topological polar surface area (TPSA) is 58.4 Å². The predicted molar refractivity (Wildman–Crippen MR) is 75.2 cm³/mol. The van der Waals surface area contributed by atoms with Crippen LogP contribution in [0.1, 0.15) is 38.1 Å². The average molecular weight is 267 g/mol. The van der Waals surface area contributed by atoms with Gasteiger partial charge in [-0.2, -0.15) is 0 Å². The van der Waals surface area contributed by atoms with Gasteiger partial charge in [0, 0.05) is 12.6 Å². The Morgan fingerprint density at radius 2 is 2.00 bits per heavy atom. The summed E-state index contributed by atoms with van der Waals surface area (Å²) in [6, 6.07) is 4.41. The molecule has 0 aliphatic rings. The maximum Gasteiger partial charge on any atom is 0.256 e. The van der Waals surface area contributed by atoms with Crippen molar-refractivity contribution in [3.05, 3.63) is 29.6 Å². The van der Waals surface area contributed by atoms with Gasteiger partial charge in [0.15, 0.2) is 0 Å². The second-order valence-corrected chi connectivity index (χ2v) is 5.25. The molecule has 0 fully saturated rings. The molecule has 106 valence electrons. The van der Waals surface area contributed by atoms with E-state index < -0.39 is 5.82 Å². The zero-order valence-corrected chi connectivity index (χ0v) is 11.9. The molecule has 0 saturated heterocycles. The van der Waals surface area contributed by atoms with Crippen LogP contribution in [0.4, 0.5) is 10.1 Å². The van der Waals surface area contributed by atoms with Gasteiger partial charge in [0.25, 0.3) is 5.91 Å². The third kappa shape index (κ3) is 3.67. The summed E-state index contributed by atoms with van der Waals surface area (Å²) in [6.07, 6.45) is 0. The number of nitrogen functional groups attached to an aromatic ring is 1. The van der Waals surface area contributed by atoms with Gasteiger partial charge in [0.1, 0.15) is 5.82 Å². The number of para-hydroxylation sites is 1. The normalized spacial score (nSPS) is 10.9. The fourth-order valence-corrected chi connectivity index (χ4v) is 1.93. The number of hydrogen-bond donors (Lipinski definition) is 2. The molecule has 4 nitrogen and oxygen atoms in total. The molecule has 0 heterocycles. The van der Waals surface area contributed by atoms with Crippen molar-refractivity contribution >= 4 is 11.6 Å². The number of hydrogen-bond acceptors (Lipinski definition) is 3. The third-order valence-corrected chi connectivity index (χ3v) is 2.83. The molecule has 0 unspecified atom stereocenters. The van der Waals surface area contributed by atoms with Crippen molar-refractivity contribution in [3.63, 3.8) is 0 Å². The quantitative estimate of drug-likeness (QED) is 0.637. The molecule has 0 aromatic heterocycles. The first-order chi connectivity index (χ1) is 8.88. The molecule has 1 amide bonds. The van der Waals surface area contributed by atoms with Crippen LogP contribution >= 0.6 is 0 Å². The summed E-state index contributed by atoms with van der Waals surface area (Å²) in [5.74, 6) is 4.91. The number of anilines is 1. The first-order valence-corrected chi connectivity index (χ1v) is 6.44. The minimum Gasteiger partial charge on any atom is -0.336 e. The van der Waals surface area contributed by atoms with Gasteiger partial charge in [-0.05, 0) is 31.9 Å². The van der Waals surface area contributed by atoms with Crippen molar-refractivity contribution in [2.75, 3.05) is 12.0 Å². The van der Waals surface area contributed by atoms with Crippen LogP contribution in [-0.2, 0) is 0 Å². The lowest BCUT2D eigenvalue weighted by molar-refractivity contribution is 0.0682. The van der Waals surface area contributed by atoms with Gasteiger partial charge < -0.3 is 10.3 Å². The molecule has 0 aliphatic heterocycles. The monoisotopic (exact) mass is 267 g/mol. The van der Waals surface area contributed by atoms with E-state index in [9.17, 15) is 9.18 Å². The summed E-state index contributed by atoms with van der Waals surface area (Å²) in [5, 5.41) is 0. The molecule has 0 aliphatic carbocycles. The van der Waals surface area contributed by atoms with Crippen LogP contribution in [0.5, 0.6) is 0 Å². The highest BCUT2D eigenvalue weighted by Crippen LogP contribution is 2.21. The van der Waals surface area contributed by atoms with Crippen LogP contribution in [-0.4, -0.2) is 23.4 Å². The maximum absolute atomic E-state index is 13.6. The molecular weight excluding hydrogens is 245 g/mol. The summed E-state index contributed by atoms with van der Waals surface area (Å²) in [4.78, 5) is 14.2. The van der Waals surface area contributed by atoms with Crippen molar-refractivity contribution in [1.29, 1.82) is 0 Å². The van der Waals surface area contributed by atoms with E-state index in [2.05, 4.69) is 5.43 Å². The number of carbonyl (C=O) groups is 1.